The van der Waals surface area contributed by atoms with Gasteiger partial charge >= 0.3 is 0 Å². The van der Waals surface area contributed by atoms with Crippen molar-refractivity contribution in [1.82, 2.24) is 5.32 Å². The van der Waals surface area contributed by atoms with Gasteiger partial charge in [0.15, 0.2) is 18.2 Å². The van der Waals surface area contributed by atoms with Crippen molar-refractivity contribution < 1.29 is 18.3 Å². The van der Waals surface area contributed by atoms with Crippen LogP contribution in [0.15, 0.2) is 42.5 Å². The summed E-state index contributed by atoms with van der Waals surface area (Å²) in [6, 6.07) is 11.7. The topological polar surface area (TPSA) is 41.6 Å². The first-order chi connectivity index (χ1) is 13.7. The molecule has 1 aliphatic rings. The Hall–Kier alpha value is -2.63. The number of amides is 1. The molecule has 1 saturated heterocycles. The third-order valence-corrected chi connectivity index (χ3v) is 5.20. The molecule has 1 unspecified atom stereocenters. The first kappa shape index (κ1) is 21.1. The number of hydrogen-bond donors (Lipinski definition) is 1. The number of carbonyl (C=O) groups is 1. The van der Waals surface area contributed by atoms with E-state index in [0.29, 0.717) is 18.8 Å². The summed E-state index contributed by atoms with van der Waals surface area (Å²) in [6.07, 6.45) is 0.882. The molecular weight excluding hydrogens is 374 g/mol. The third kappa shape index (κ3) is 5.46. The van der Waals surface area contributed by atoms with E-state index in [-0.39, 0.29) is 23.8 Å². The number of nitrogens with zero attached hydrogens (tertiary/aromatic N) is 1. The van der Waals surface area contributed by atoms with Gasteiger partial charge in [0.25, 0.3) is 5.91 Å². The van der Waals surface area contributed by atoms with E-state index >= 15 is 0 Å². The summed E-state index contributed by atoms with van der Waals surface area (Å²) in [7, 11) is 0. The van der Waals surface area contributed by atoms with Gasteiger partial charge in [-0.15, -0.1) is 0 Å². The number of anilines is 1. The fraction of sp³-hybridized carbons (Fsp3) is 0.435. The lowest BCUT2D eigenvalue weighted by Gasteiger charge is -2.22. The van der Waals surface area contributed by atoms with Crippen molar-refractivity contribution in [2.45, 2.75) is 32.6 Å². The summed E-state index contributed by atoms with van der Waals surface area (Å²) < 4.78 is 32.3. The average molecular weight is 402 g/mol. The molecule has 0 aromatic heterocycles. The summed E-state index contributed by atoms with van der Waals surface area (Å²) in [6.45, 7) is 8.26. The molecule has 3 rings (SSSR count). The Morgan fingerprint density at radius 1 is 1.17 bits per heavy atom. The van der Waals surface area contributed by atoms with E-state index in [9.17, 15) is 13.6 Å². The van der Waals surface area contributed by atoms with Gasteiger partial charge in [0.1, 0.15) is 5.75 Å². The average Bonchev–Trinajstić information content (AvgIpc) is 3.15. The van der Waals surface area contributed by atoms with Crippen LogP contribution in [0.1, 0.15) is 32.8 Å². The molecule has 6 heteroatoms. The Bertz CT molecular complexity index is 864. The van der Waals surface area contributed by atoms with Crippen molar-refractivity contribution in [3.05, 3.63) is 59.7 Å². The number of ether oxygens (including phenoxy) is 1. The molecule has 0 aliphatic carbocycles. The van der Waals surface area contributed by atoms with Crippen molar-refractivity contribution in [2.24, 2.45) is 5.92 Å². The van der Waals surface area contributed by atoms with Crippen LogP contribution in [0.25, 0.3) is 0 Å². The maximum absolute atomic E-state index is 13.4. The normalized spacial score (nSPS) is 16.7. The summed E-state index contributed by atoms with van der Waals surface area (Å²) in [5.41, 5.74) is 1.66. The minimum absolute atomic E-state index is 0.0350. The molecule has 0 radical (unpaired) electrons. The highest BCUT2D eigenvalue weighted by atomic mass is 19.2. The van der Waals surface area contributed by atoms with Crippen LogP contribution in [0.3, 0.4) is 0 Å². The SMILES string of the molecule is CC(C)(C)c1ccccc1OCC(=O)NCC1CCN(c2ccc(F)c(F)c2)C1. The van der Waals surface area contributed by atoms with Gasteiger partial charge in [-0.3, -0.25) is 4.79 Å². The quantitative estimate of drug-likeness (QED) is 0.784. The molecular formula is C23H28F2N2O2. The highest BCUT2D eigenvalue weighted by Gasteiger charge is 2.24. The van der Waals surface area contributed by atoms with Crippen LogP contribution < -0.4 is 15.0 Å². The molecule has 4 nitrogen and oxygen atoms in total. The van der Waals surface area contributed by atoms with Crippen LogP contribution in [-0.4, -0.2) is 32.1 Å². The molecule has 1 atom stereocenters. The number of carbonyl (C=O) groups excluding carboxylic acids is 1. The first-order valence-electron chi connectivity index (χ1n) is 9.93. The minimum atomic E-state index is -0.843. The highest BCUT2D eigenvalue weighted by Crippen LogP contribution is 2.31. The van der Waals surface area contributed by atoms with Crippen molar-refractivity contribution >= 4 is 11.6 Å². The summed E-state index contributed by atoms with van der Waals surface area (Å²) in [5.74, 6) is -0.869. The Balaban J connectivity index is 1.47. The van der Waals surface area contributed by atoms with E-state index in [1.54, 1.807) is 6.07 Å². The Morgan fingerprint density at radius 2 is 1.93 bits per heavy atom. The van der Waals surface area contributed by atoms with Crippen LogP contribution in [-0.2, 0) is 10.2 Å². The predicted molar refractivity (Wildman–Crippen MR) is 110 cm³/mol. The van der Waals surface area contributed by atoms with Crippen LogP contribution in [0, 0.1) is 17.6 Å². The van der Waals surface area contributed by atoms with Crippen molar-refractivity contribution in [3.63, 3.8) is 0 Å². The number of para-hydroxylation sites is 1. The van der Waals surface area contributed by atoms with Gasteiger partial charge < -0.3 is 15.0 Å². The number of hydrogen-bond acceptors (Lipinski definition) is 3. The smallest absolute Gasteiger partial charge is 0.257 e. The second-order valence-electron chi connectivity index (χ2n) is 8.54. The van der Waals surface area contributed by atoms with E-state index in [2.05, 4.69) is 26.1 Å². The van der Waals surface area contributed by atoms with Crippen molar-refractivity contribution in [2.75, 3.05) is 31.1 Å². The van der Waals surface area contributed by atoms with Crippen LogP contribution in [0.5, 0.6) is 5.75 Å². The van der Waals surface area contributed by atoms with E-state index in [0.717, 1.165) is 30.3 Å². The molecule has 1 aliphatic heterocycles. The third-order valence-electron chi connectivity index (χ3n) is 5.20. The highest BCUT2D eigenvalue weighted by molar-refractivity contribution is 5.77. The van der Waals surface area contributed by atoms with Gasteiger partial charge in [-0.25, -0.2) is 8.78 Å². The van der Waals surface area contributed by atoms with E-state index in [1.807, 2.05) is 29.2 Å². The predicted octanol–water partition coefficient (Wildman–Crippen LogP) is 4.28. The fourth-order valence-electron chi connectivity index (χ4n) is 3.58. The number of halogens is 2. The first-order valence-corrected chi connectivity index (χ1v) is 9.93. The van der Waals surface area contributed by atoms with Crippen molar-refractivity contribution in [1.29, 1.82) is 0 Å². The lowest BCUT2D eigenvalue weighted by molar-refractivity contribution is -0.123. The molecule has 0 saturated carbocycles. The van der Waals surface area contributed by atoms with Crippen LogP contribution in [0.2, 0.25) is 0 Å². The maximum Gasteiger partial charge on any atom is 0.257 e. The minimum Gasteiger partial charge on any atom is -0.483 e. The van der Waals surface area contributed by atoms with Gasteiger partial charge in [-0.1, -0.05) is 39.0 Å². The zero-order valence-corrected chi connectivity index (χ0v) is 17.2. The van der Waals surface area contributed by atoms with E-state index < -0.39 is 11.6 Å². The van der Waals surface area contributed by atoms with Gasteiger partial charge in [-0.05, 0) is 41.5 Å². The molecule has 1 heterocycles. The fourth-order valence-corrected chi connectivity index (χ4v) is 3.58. The number of rotatable bonds is 6. The molecule has 1 fully saturated rings. The zero-order valence-electron chi connectivity index (χ0n) is 17.2. The monoisotopic (exact) mass is 402 g/mol. The Morgan fingerprint density at radius 3 is 2.66 bits per heavy atom. The van der Waals surface area contributed by atoms with E-state index in [4.69, 9.17) is 4.74 Å². The molecule has 1 N–H and O–H groups in total. The van der Waals surface area contributed by atoms with Gasteiger partial charge in [0, 0.05) is 31.4 Å². The van der Waals surface area contributed by atoms with Crippen LogP contribution >= 0.6 is 0 Å². The Labute approximate surface area is 170 Å². The lowest BCUT2D eigenvalue weighted by Crippen LogP contribution is -2.34. The van der Waals surface area contributed by atoms with E-state index in [1.165, 1.54) is 6.07 Å². The Kier molecular flexibility index (Phi) is 6.40. The van der Waals surface area contributed by atoms with Gasteiger partial charge in [-0.2, -0.15) is 0 Å². The number of benzene rings is 2. The molecule has 2 aromatic carbocycles. The second-order valence-corrected chi connectivity index (χ2v) is 8.54. The molecule has 2 aromatic rings. The molecule has 29 heavy (non-hydrogen) atoms. The molecule has 156 valence electrons. The zero-order chi connectivity index (χ0) is 21.0. The number of nitrogens with one attached hydrogen (secondary N) is 1. The summed E-state index contributed by atoms with van der Waals surface area (Å²) >= 11 is 0. The van der Waals surface area contributed by atoms with Crippen LogP contribution in [0.4, 0.5) is 14.5 Å². The van der Waals surface area contributed by atoms with Gasteiger partial charge in [0.2, 0.25) is 0 Å². The maximum atomic E-state index is 13.4. The summed E-state index contributed by atoms with van der Waals surface area (Å²) in [5, 5.41) is 2.92. The molecule has 1 amide bonds. The lowest BCUT2D eigenvalue weighted by atomic mass is 9.86. The molecule has 0 bridgehead atoms. The van der Waals surface area contributed by atoms with Gasteiger partial charge in [0.05, 0.1) is 0 Å². The standard InChI is InChI=1S/C23H28F2N2O2/c1-23(2,3)18-6-4-5-7-21(18)29-15-22(28)26-13-16-10-11-27(14-16)17-8-9-19(24)20(25)12-17/h4-9,12,16H,10-11,13-15H2,1-3H3,(H,26,28). The summed E-state index contributed by atoms with van der Waals surface area (Å²) in [4.78, 5) is 14.2. The van der Waals surface area contributed by atoms with Crippen molar-refractivity contribution in [3.8, 4) is 5.75 Å². The second kappa shape index (κ2) is 8.80. The molecule has 0 spiro atoms. The largest absolute Gasteiger partial charge is 0.483 e.